The van der Waals surface area contributed by atoms with Crippen LogP contribution in [0.4, 0.5) is 0 Å². The molecule has 3 heteroatoms. The van der Waals surface area contributed by atoms with Gasteiger partial charge in [0.05, 0.1) is 6.61 Å². The first-order chi connectivity index (χ1) is 7.68. The maximum absolute atomic E-state index is 5.57. The Balaban J connectivity index is 1.70. The quantitative estimate of drug-likeness (QED) is 0.789. The van der Waals surface area contributed by atoms with Gasteiger partial charge in [-0.25, -0.2) is 0 Å². The first-order valence-corrected chi connectivity index (χ1v) is 6.69. The highest BCUT2D eigenvalue weighted by molar-refractivity contribution is 4.86. The third kappa shape index (κ3) is 3.44. The van der Waals surface area contributed by atoms with Gasteiger partial charge < -0.3 is 15.0 Å². The molecule has 2 fully saturated rings. The fourth-order valence-corrected chi connectivity index (χ4v) is 2.73. The van der Waals surface area contributed by atoms with Crippen molar-refractivity contribution in [3.8, 4) is 0 Å². The van der Waals surface area contributed by atoms with Gasteiger partial charge in [-0.1, -0.05) is 0 Å². The molecule has 1 atom stereocenters. The van der Waals surface area contributed by atoms with Gasteiger partial charge in [-0.2, -0.15) is 0 Å². The van der Waals surface area contributed by atoms with Crippen LogP contribution >= 0.6 is 0 Å². The lowest BCUT2D eigenvalue weighted by Crippen LogP contribution is -2.51. The average molecular weight is 226 g/mol. The minimum absolute atomic E-state index is 0.238. The van der Waals surface area contributed by atoms with Crippen molar-refractivity contribution in [3.63, 3.8) is 0 Å². The maximum Gasteiger partial charge on any atom is 0.0645 e. The summed E-state index contributed by atoms with van der Waals surface area (Å²) in [5, 5.41) is 3.74. The van der Waals surface area contributed by atoms with Crippen molar-refractivity contribution in [3.05, 3.63) is 0 Å². The lowest BCUT2D eigenvalue weighted by molar-refractivity contribution is 0.0254. The molecule has 0 spiro atoms. The zero-order valence-electron chi connectivity index (χ0n) is 10.8. The topological polar surface area (TPSA) is 24.5 Å². The molecule has 3 nitrogen and oxygen atoms in total. The summed E-state index contributed by atoms with van der Waals surface area (Å²) < 4.78 is 5.57. The summed E-state index contributed by atoms with van der Waals surface area (Å²) in [5.41, 5.74) is 0.238. The molecule has 0 bridgehead atoms. The number of piperidine rings is 1. The van der Waals surface area contributed by atoms with E-state index in [2.05, 4.69) is 24.2 Å². The number of rotatable bonds is 3. The van der Waals surface area contributed by atoms with E-state index < -0.39 is 0 Å². The Morgan fingerprint density at radius 1 is 1.38 bits per heavy atom. The van der Waals surface area contributed by atoms with E-state index in [-0.39, 0.29) is 5.54 Å². The first kappa shape index (κ1) is 12.3. The molecule has 16 heavy (non-hydrogen) atoms. The monoisotopic (exact) mass is 226 g/mol. The molecule has 2 rings (SSSR count). The van der Waals surface area contributed by atoms with Crippen LogP contribution in [0.25, 0.3) is 0 Å². The SMILES string of the molecule is CN1CCC(CNC2(C)CCCOC2)CC1. The summed E-state index contributed by atoms with van der Waals surface area (Å²) in [7, 11) is 2.22. The number of nitrogens with zero attached hydrogens (tertiary/aromatic N) is 1. The molecule has 0 saturated carbocycles. The number of ether oxygens (including phenoxy) is 1. The highest BCUT2D eigenvalue weighted by Gasteiger charge is 2.28. The predicted molar refractivity (Wildman–Crippen MR) is 66.7 cm³/mol. The van der Waals surface area contributed by atoms with Crippen molar-refractivity contribution in [2.24, 2.45) is 5.92 Å². The van der Waals surface area contributed by atoms with Crippen molar-refractivity contribution in [2.45, 2.75) is 38.1 Å². The van der Waals surface area contributed by atoms with Crippen LogP contribution in [0.1, 0.15) is 32.6 Å². The molecule has 1 unspecified atom stereocenters. The zero-order valence-corrected chi connectivity index (χ0v) is 10.8. The molecule has 0 aromatic carbocycles. The molecule has 94 valence electrons. The van der Waals surface area contributed by atoms with Gasteiger partial charge in [0, 0.05) is 12.1 Å². The molecule has 0 amide bonds. The fourth-order valence-electron chi connectivity index (χ4n) is 2.73. The van der Waals surface area contributed by atoms with Crippen molar-refractivity contribution in [2.75, 3.05) is 39.9 Å². The standard InChI is InChI=1S/C13H26N2O/c1-13(6-3-9-16-11-13)14-10-12-4-7-15(2)8-5-12/h12,14H,3-11H2,1-2H3. The molecule has 0 aliphatic carbocycles. The second-order valence-corrected chi connectivity index (χ2v) is 5.84. The van der Waals surface area contributed by atoms with Crippen LogP contribution < -0.4 is 5.32 Å². The van der Waals surface area contributed by atoms with Gasteiger partial charge in [0.2, 0.25) is 0 Å². The Morgan fingerprint density at radius 3 is 2.75 bits per heavy atom. The van der Waals surface area contributed by atoms with Gasteiger partial charge in [-0.15, -0.1) is 0 Å². The van der Waals surface area contributed by atoms with Crippen LogP contribution in [-0.4, -0.2) is 50.3 Å². The Kier molecular flexibility index (Phi) is 4.22. The van der Waals surface area contributed by atoms with E-state index >= 15 is 0 Å². The molecule has 0 aromatic heterocycles. The fraction of sp³-hybridized carbons (Fsp3) is 1.00. The van der Waals surface area contributed by atoms with Crippen molar-refractivity contribution < 1.29 is 4.74 Å². The molecule has 2 saturated heterocycles. The molecule has 1 N–H and O–H groups in total. The van der Waals surface area contributed by atoms with Gasteiger partial charge in [0.15, 0.2) is 0 Å². The van der Waals surface area contributed by atoms with E-state index in [1.165, 1.54) is 45.3 Å². The van der Waals surface area contributed by atoms with Gasteiger partial charge in [-0.05, 0) is 65.2 Å². The highest BCUT2D eigenvalue weighted by atomic mass is 16.5. The molecule has 0 radical (unpaired) electrons. The van der Waals surface area contributed by atoms with Gasteiger partial charge >= 0.3 is 0 Å². The minimum Gasteiger partial charge on any atom is -0.380 e. The van der Waals surface area contributed by atoms with Gasteiger partial charge in [0.25, 0.3) is 0 Å². The Hall–Kier alpha value is -0.120. The highest BCUT2D eigenvalue weighted by Crippen LogP contribution is 2.21. The van der Waals surface area contributed by atoms with Crippen LogP contribution in [0.15, 0.2) is 0 Å². The maximum atomic E-state index is 5.57. The molecule has 0 aromatic rings. The second-order valence-electron chi connectivity index (χ2n) is 5.84. The minimum atomic E-state index is 0.238. The van der Waals surface area contributed by atoms with Gasteiger partial charge in [-0.3, -0.25) is 0 Å². The summed E-state index contributed by atoms with van der Waals surface area (Å²) in [6, 6.07) is 0. The molecule has 2 aliphatic rings. The molecule has 2 aliphatic heterocycles. The molecular weight excluding hydrogens is 200 g/mol. The summed E-state index contributed by atoms with van der Waals surface area (Å²) in [6.07, 6.45) is 5.16. The van der Waals surface area contributed by atoms with E-state index in [1.54, 1.807) is 0 Å². The largest absolute Gasteiger partial charge is 0.380 e. The number of hydrogen-bond donors (Lipinski definition) is 1. The van der Waals surface area contributed by atoms with Crippen molar-refractivity contribution in [1.29, 1.82) is 0 Å². The summed E-state index contributed by atoms with van der Waals surface area (Å²) in [5.74, 6) is 0.870. The smallest absolute Gasteiger partial charge is 0.0645 e. The molecule has 2 heterocycles. The van der Waals surface area contributed by atoms with Crippen LogP contribution in [0.5, 0.6) is 0 Å². The van der Waals surface area contributed by atoms with E-state index in [9.17, 15) is 0 Å². The van der Waals surface area contributed by atoms with Crippen LogP contribution in [0, 0.1) is 5.92 Å². The van der Waals surface area contributed by atoms with Crippen LogP contribution in [0.2, 0.25) is 0 Å². The van der Waals surface area contributed by atoms with Crippen molar-refractivity contribution in [1.82, 2.24) is 10.2 Å². The first-order valence-electron chi connectivity index (χ1n) is 6.69. The third-order valence-electron chi connectivity index (χ3n) is 4.09. The second kappa shape index (κ2) is 5.48. The Bertz CT molecular complexity index is 206. The van der Waals surface area contributed by atoms with E-state index in [0.717, 1.165) is 19.1 Å². The van der Waals surface area contributed by atoms with Gasteiger partial charge in [0.1, 0.15) is 0 Å². The summed E-state index contributed by atoms with van der Waals surface area (Å²) in [4.78, 5) is 2.43. The lowest BCUT2D eigenvalue weighted by Gasteiger charge is -2.37. The average Bonchev–Trinajstić information content (AvgIpc) is 2.29. The van der Waals surface area contributed by atoms with Crippen LogP contribution in [-0.2, 0) is 4.74 Å². The van der Waals surface area contributed by atoms with E-state index in [0.29, 0.717) is 0 Å². The number of likely N-dealkylation sites (tertiary alicyclic amines) is 1. The summed E-state index contributed by atoms with van der Waals surface area (Å²) >= 11 is 0. The zero-order chi connectivity index (χ0) is 11.4. The third-order valence-corrected chi connectivity index (χ3v) is 4.09. The Labute approximate surface area is 99.5 Å². The normalized spacial score (nSPS) is 34.1. The van der Waals surface area contributed by atoms with Crippen molar-refractivity contribution >= 4 is 0 Å². The Morgan fingerprint density at radius 2 is 2.12 bits per heavy atom. The summed E-state index contributed by atoms with van der Waals surface area (Å²) in [6.45, 7) is 7.85. The van der Waals surface area contributed by atoms with Crippen LogP contribution in [0.3, 0.4) is 0 Å². The lowest BCUT2D eigenvalue weighted by atomic mass is 9.92. The van der Waals surface area contributed by atoms with E-state index in [4.69, 9.17) is 4.74 Å². The number of hydrogen-bond acceptors (Lipinski definition) is 3. The molecular formula is C13H26N2O. The van der Waals surface area contributed by atoms with E-state index in [1.807, 2.05) is 0 Å². The predicted octanol–water partition coefficient (Wildman–Crippen LogP) is 1.49. The number of nitrogens with one attached hydrogen (secondary N) is 1.